The van der Waals surface area contributed by atoms with E-state index >= 15 is 0 Å². The fraction of sp³-hybridized carbons (Fsp3) is 0.375. The van der Waals surface area contributed by atoms with E-state index in [0.717, 1.165) is 61.3 Å². The van der Waals surface area contributed by atoms with Crippen LogP contribution in [0.25, 0.3) is 10.9 Å². The molecule has 0 aliphatic carbocycles. The Morgan fingerprint density at radius 1 is 0.966 bits per heavy atom. The molecule has 0 atom stereocenters. The zero-order valence-corrected chi connectivity index (χ0v) is 17.2. The van der Waals surface area contributed by atoms with E-state index < -0.39 is 0 Å². The smallest absolute Gasteiger partial charge is 0.224 e. The average molecular weight is 391 g/mol. The molecule has 2 N–H and O–H groups in total. The van der Waals surface area contributed by atoms with E-state index in [1.807, 2.05) is 24.4 Å². The third kappa shape index (κ3) is 5.05. The van der Waals surface area contributed by atoms with Crippen molar-refractivity contribution in [3.05, 3.63) is 71.4 Å². The van der Waals surface area contributed by atoms with Gasteiger partial charge in [0.05, 0.1) is 6.42 Å². The summed E-state index contributed by atoms with van der Waals surface area (Å²) in [5.41, 5.74) is 4.58. The van der Waals surface area contributed by atoms with Crippen molar-refractivity contribution in [2.75, 3.05) is 32.7 Å². The molecule has 0 unspecified atom stereocenters. The minimum Gasteiger partial charge on any atom is -0.361 e. The normalized spacial score (nSPS) is 15.6. The lowest BCUT2D eigenvalue weighted by atomic mass is 10.1. The molecule has 5 heteroatoms. The third-order valence-electron chi connectivity index (χ3n) is 5.86. The van der Waals surface area contributed by atoms with Crippen molar-refractivity contribution in [2.45, 2.75) is 26.4 Å². The van der Waals surface area contributed by atoms with Crippen LogP contribution in [-0.2, 0) is 24.3 Å². The Morgan fingerprint density at radius 2 is 1.66 bits per heavy atom. The summed E-state index contributed by atoms with van der Waals surface area (Å²) in [6.45, 7) is 9.55. The Balaban J connectivity index is 1.25. The molecule has 2 aromatic carbocycles. The Morgan fingerprint density at radius 3 is 2.41 bits per heavy atom. The van der Waals surface area contributed by atoms with Crippen molar-refractivity contribution in [3.8, 4) is 0 Å². The molecule has 3 aromatic rings. The molecule has 1 aliphatic rings. The van der Waals surface area contributed by atoms with Gasteiger partial charge in [-0.25, -0.2) is 0 Å². The highest BCUT2D eigenvalue weighted by Gasteiger charge is 2.15. The summed E-state index contributed by atoms with van der Waals surface area (Å²) in [5, 5.41) is 4.16. The Labute approximate surface area is 172 Å². The number of hydrogen-bond acceptors (Lipinski definition) is 3. The number of likely N-dealkylation sites (N-methyl/N-ethyl adjacent to an activating group) is 1. The lowest BCUT2D eigenvalue weighted by Crippen LogP contribution is -2.45. The number of carbonyl (C=O) groups is 1. The quantitative estimate of drug-likeness (QED) is 0.652. The highest BCUT2D eigenvalue weighted by molar-refractivity contribution is 5.88. The largest absolute Gasteiger partial charge is 0.361 e. The number of aromatic amines is 1. The molecule has 0 radical (unpaired) electrons. The molecule has 0 bridgehead atoms. The van der Waals surface area contributed by atoms with Gasteiger partial charge < -0.3 is 15.2 Å². The van der Waals surface area contributed by atoms with Crippen molar-refractivity contribution in [3.63, 3.8) is 0 Å². The first-order chi connectivity index (χ1) is 14.2. The standard InChI is InChI=1S/C24H30N4O/c1-2-27-11-13-28(14-12-27)18-20-9-7-19(8-10-20)16-26-24(29)15-21-17-25-23-6-4-3-5-22(21)23/h3-10,17,25H,2,11-16,18H2,1H3,(H,26,29). The predicted molar refractivity (Wildman–Crippen MR) is 118 cm³/mol. The topological polar surface area (TPSA) is 51.4 Å². The van der Waals surface area contributed by atoms with Crippen LogP contribution in [-0.4, -0.2) is 53.4 Å². The van der Waals surface area contributed by atoms with Gasteiger partial charge in [0.25, 0.3) is 0 Å². The first-order valence-corrected chi connectivity index (χ1v) is 10.6. The third-order valence-corrected chi connectivity index (χ3v) is 5.86. The van der Waals surface area contributed by atoms with E-state index in [4.69, 9.17) is 0 Å². The van der Waals surface area contributed by atoms with Crippen LogP contribution in [0.4, 0.5) is 0 Å². The molecule has 152 valence electrons. The summed E-state index contributed by atoms with van der Waals surface area (Å²) in [5.74, 6) is 0.0487. The second-order valence-electron chi connectivity index (χ2n) is 7.84. The molecule has 1 saturated heterocycles. The van der Waals surface area contributed by atoms with Crippen LogP contribution in [0, 0.1) is 0 Å². The summed E-state index contributed by atoms with van der Waals surface area (Å²) >= 11 is 0. The number of benzene rings is 2. The summed E-state index contributed by atoms with van der Waals surface area (Å²) in [6, 6.07) is 16.7. The molecule has 1 aliphatic heterocycles. The number of amides is 1. The van der Waals surface area contributed by atoms with Crippen LogP contribution >= 0.6 is 0 Å². The fourth-order valence-electron chi connectivity index (χ4n) is 4.00. The molecule has 5 nitrogen and oxygen atoms in total. The van der Waals surface area contributed by atoms with Gasteiger partial charge in [-0.15, -0.1) is 0 Å². The lowest BCUT2D eigenvalue weighted by molar-refractivity contribution is -0.120. The van der Waals surface area contributed by atoms with Gasteiger partial charge in [-0.2, -0.15) is 0 Å². The van der Waals surface area contributed by atoms with Crippen molar-refractivity contribution >= 4 is 16.8 Å². The molecular formula is C24H30N4O. The molecule has 1 amide bonds. The van der Waals surface area contributed by atoms with E-state index in [1.54, 1.807) is 0 Å². The average Bonchev–Trinajstić information content (AvgIpc) is 3.17. The minimum absolute atomic E-state index is 0.0487. The Hall–Kier alpha value is -2.63. The lowest BCUT2D eigenvalue weighted by Gasteiger charge is -2.34. The van der Waals surface area contributed by atoms with Gasteiger partial charge in [-0.05, 0) is 29.3 Å². The fourth-order valence-corrected chi connectivity index (χ4v) is 4.00. The maximum absolute atomic E-state index is 12.4. The van der Waals surface area contributed by atoms with Gasteiger partial charge in [-0.3, -0.25) is 9.69 Å². The molecule has 4 rings (SSSR count). The second-order valence-corrected chi connectivity index (χ2v) is 7.84. The first-order valence-electron chi connectivity index (χ1n) is 10.6. The van der Waals surface area contributed by atoms with Crippen LogP contribution in [0.5, 0.6) is 0 Å². The Bertz CT molecular complexity index is 939. The number of fused-ring (bicyclic) bond motifs is 1. The van der Waals surface area contributed by atoms with Gasteiger partial charge in [0, 0.05) is 56.4 Å². The van der Waals surface area contributed by atoms with Crippen LogP contribution < -0.4 is 5.32 Å². The van der Waals surface area contributed by atoms with E-state index in [2.05, 4.69) is 57.4 Å². The summed E-state index contributed by atoms with van der Waals surface area (Å²) in [6.07, 6.45) is 2.32. The number of hydrogen-bond donors (Lipinski definition) is 2. The number of rotatable bonds is 7. The van der Waals surface area contributed by atoms with Crippen LogP contribution in [0.15, 0.2) is 54.7 Å². The number of nitrogens with one attached hydrogen (secondary N) is 2. The van der Waals surface area contributed by atoms with Gasteiger partial charge >= 0.3 is 0 Å². The monoisotopic (exact) mass is 390 g/mol. The van der Waals surface area contributed by atoms with E-state index in [1.165, 1.54) is 5.56 Å². The van der Waals surface area contributed by atoms with Crippen molar-refractivity contribution < 1.29 is 4.79 Å². The maximum Gasteiger partial charge on any atom is 0.224 e. The zero-order chi connectivity index (χ0) is 20.1. The predicted octanol–water partition coefficient (Wildman–Crippen LogP) is 3.16. The second kappa shape index (κ2) is 9.25. The van der Waals surface area contributed by atoms with Gasteiger partial charge in [-0.1, -0.05) is 49.4 Å². The number of carbonyl (C=O) groups excluding carboxylic acids is 1. The van der Waals surface area contributed by atoms with Gasteiger partial charge in [0.1, 0.15) is 0 Å². The number of nitrogens with zero attached hydrogens (tertiary/aromatic N) is 2. The number of H-pyrrole nitrogens is 1. The number of para-hydroxylation sites is 1. The molecule has 2 heterocycles. The van der Waals surface area contributed by atoms with Crippen molar-refractivity contribution in [1.82, 2.24) is 20.1 Å². The number of piperazine rings is 1. The molecule has 1 fully saturated rings. The van der Waals surface area contributed by atoms with E-state index in [0.29, 0.717) is 13.0 Å². The molecular weight excluding hydrogens is 360 g/mol. The summed E-state index contributed by atoms with van der Waals surface area (Å²) < 4.78 is 0. The Kier molecular flexibility index (Phi) is 6.27. The van der Waals surface area contributed by atoms with E-state index in [9.17, 15) is 4.79 Å². The zero-order valence-electron chi connectivity index (χ0n) is 17.2. The van der Waals surface area contributed by atoms with Gasteiger partial charge in [0.15, 0.2) is 0 Å². The van der Waals surface area contributed by atoms with Gasteiger partial charge in [0.2, 0.25) is 5.91 Å². The summed E-state index contributed by atoms with van der Waals surface area (Å²) in [7, 11) is 0. The highest BCUT2D eigenvalue weighted by Crippen LogP contribution is 2.18. The highest BCUT2D eigenvalue weighted by atomic mass is 16.1. The SMILES string of the molecule is CCN1CCN(Cc2ccc(CNC(=O)Cc3c[nH]c4ccccc34)cc2)CC1. The first kappa shape index (κ1) is 19.7. The molecule has 0 saturated carbocycles. The van der Waals surface area contributed by atoms with Crippen LogP contribution in [0.1, 0.15) is 23.6 Å². The molecule has 0 spiro atoms. The summed E-state index contributed by atoms with van der Waals surface area (Å²) in [4.78, 5) is 20.6. The van der Waals surface area contributed by atoms with Crippen LogP contribution in [0.3, 0.4) is 0 Å². The minimum atomic E-state index is 0.0487. The van der Waals surface area contributed by atoms with Crippen LogP contribution in [0.2, 0.25) is 0 Å². The molecule has 1 aromatic heterocycles. The molecule has 29 heavy (non-hydrogen) atoms. The maximum atomic E-state index is 12.4. The van der Waals surface area contributed by atoms with E-state index in [-0.39, 0.29) is 5.91 Å². The number of aromatic nitrogens is 1. The van der Waals surface area contributed by atoms with Crippen molar-refractivity contribution in [1.29, 1.82) is 0 Å². The van der Waals surface area contributed by atoms with Crippen molar-refractivity contribution in [2.24, 2.45) is 0 Å².